The fourth-order valence-corrected chi connectivity index (χ4v) is 5.79. The van der Waals surface area contributed by atoms with Crippen molar-refractivity contribution in [1.29, 1.82) is 0 Å². The van der Waals surface area contributed by atoms with E-state index in [0.717, 1.165) is 46.0 Å². The van der Waals surface area contributed by atoms with Crippen molar-refractivity contribution in [3.63, 3.8) is 0 Å². The first-order valence-electron chi connectivity index (χ1n) is 10.7. The molecule has 2 aliphatic heterocycles. The maximum Gasteiger partial charge on any atom is 0.410 e. The second kappa shape index (κ2) is 8.73. The number of fused-ring (bicyclic) bond motifs is 4. The fraction of sp³-hybridized carbons (Fsp3) is 0.391. The normalized spacial score (nSPS) is 18.2. The van der Waals surface area contributed by atoms with Crippen LogP contribution in [0.3, 0.4) is 0 Å². The Morgan fingerprint density at radius 3 is 2.79 bits per heavy atom. The number of carbonyl (C=O) groups is 1. The van der Waals surface area contributed by atoms with Gasteiger partial charge < -0.3 is 9.47 Å². The summed E-state index contributed by atoms with van der Waals surface area (Å²) < 4.78 is 13.6. The van der Waals surface area contributed by atoms with Crippen LogP contribution in [0.4, 0.5) is 4.79 Å². The molecule has 2 fully saturated rings. The largest absolute Gasteiger partial charge is 0.497 e. The molecule has 5 heterocycles. The average Bonchev–Trinajstić information content (AvgIpc) is 3.56. The van der Waals surface area contributed by atoms with E-state index in [2.05, 4.69) is 21.0 Å². The molecule has 10 nitrogen and oxygen atoms in total. The standard InChI is InChI=1S/C22H22N6O4S.CH4/c1-31-16-4-2-14(3-5-16)9-27-20-18(19-23-13-24-28(19)21(27)29)8-17(33-20)11-25-6-7-26-15(10-25)12-32-22(26)30;/h2-5,8,13,15H,6-7,9-12H2,1H3;1H4. The third-order valence-electron chi connectivity index (χ3n) is 6.29. The number of ether oxygens (including phenoxy) is 2. The van der Waals surface area contributed by atoms with Crippen LogP contribution >= 0.6 is 11.3 Å². The fourth-order valence-electron chi connectivity index (χ4n) is 4.61. The summed E-state index contributed by atoms with van der Waals surface area (Å²) in [5.74, 6) is 0.774. The quantitative estimate of drug-likeness (QED) is 0.431. The summed E-state index contributed by atoms with van der Waals surface area (Å²) in [7, 11) is 1.63. The Bertz CT molecular complexity index is 1410. The van der Waals surface area contributed by atoms with Crippen molar-refractivity contribution in [2.24, 2.45) is 0 Å². The van der Waals surface area contributed by atoms with Crippen molar-refractivity contribution in [2.75, 3.05) is 33.4 Å². The molecule has 0 N–H and O–H groups in total. The molecular weight excluding hydrogens is 456 g/mol. The van der Waals surface area contributed by atoms with Crippen LogP contribution in [0.15, 0.2) is 41.5 Å². The minimum atomic E-state index is -0.213. The van der Waals surface area contributed by atoms with Gasteiger partial charge in [-0.05, 0) is 23.8 Å². The molecular formula is C23H26N6O4S. The Labute approximate surface area is 199 Å². The number of hydrogen-bond acceptors (Lipinski definition) is 8. The molecule has 0 saturated carbocycles. The zero-order valence-electron chi connectivity index (χ0n) is 18.0. The van der Waals surface area contributed by atoms with E-state index in [4.69, 9.17) is 9.47 Å². The van der Waals surface area contributed by atoms with Gasteiger partial charge >= 0.3 is 11.8 Å². The Hall–Kier alpha value is -3.44. The molecule has 34 heavy (non-hydrogen) atoms. The topological polar surface area (TPSA) is 94.2 Å². The van der Waals surface area contributed by atoms with Crippen LogP contribution in [0, 0.1) is 0 Å². The molecule has 3 aromatic heterocycles. The van der Waals surface area contributed by atoms with Gasteiger partial charge in [0.25, 0.3) is 0 Å². The van der Waals surface area contributed by atoms with Gasteiger partial charge in [-0.25, -0.2) is 14.6 Å². The summed E-state index contributed by atoms with van der Waals surface area (Å²) in [6.45, 7) is 3.86. The summed E-state index contributed by atoms with van der Waals surface area (Å²) in [4.78, 5) is 35.5. The van der Waals surface area contributed by atoms with Crippen molar-refractivity contribution in [3.05, 3.63) is 57.6 Å². The molecule has 0 spiro atoms. The van der Waals surface area contributed by atoms with Crippen molar-refractivity contribution in [1.82, 2.24) is 29.0 Å². The number of hydrogen-bond donors (Lipinski definition) is 0. The lowest BCUT2D eigenvalue weighted by atomic mass is 10.2. The summed E-state index contributed by atoms with van der Waals surface area (Å²) in [5, 5.41) is 5.08. The molecule has 0 radical (unpaired) electrons. The van der Waals surface area contributed by atoms with Gasteiger partial charge in [0.1, 0.15) is 23.5 Å². The first-order valence-corrected chi connectivity index (χ1v) is 11.6. The van der Waals surface area contributed by atoms with Gasteiger partial charge in [0.2, 0.25) is 0 Å². The van der Waals surface area contributed by atoms with E-state index in [9.17, 15) is 9.59 Å². The first-order chi connectivity index (χ1) is 16.1. The van der Waals surface area contributed by atoms with E-state index in [1.54, 1.807) is 23.0 Å². The number of piperazine rings is 1. The molecule has 0 aliphatic carbocycles. The van der Waals surface area contributed by atoms with Crippen molar-refractivity contribution >= 4 is 33.3 Å². The molecule has 2 saturated heterocycles. The summed E-state index contributed by atoms with van der Waals surface area (Å²) in [5.41, 5.74) is 1.35. The summed E-state index contributed by atoms with van der Waals surface area (Å²) >= 11 is 1.61. The molecule has 4 aromatic rings. The molecule has 0 bridgehead atoms. The van der Waals surface area contributed by atoms with Crippen LogP contribution in [-0.2, 0) is 17.8 Å². The summed E-state index contributed by atoms with van der Waals surface area (Å²) in [6.07, 6.45) is 1.21. The third-order valence-corrected chi connectivity index (χ3v) is 7.43. The number of amides is 1. The van der Waals surface area contributed by atoms with Crippen molar-refractivity contribution in [3.8, 4) is 5.75 Å². The highest BCUT2D eigenvalue weighted by atomic mass is 32.1. The molecule has 1 aromatic carbocycles. The number of rotatable bonds is 5. The molecule has 11 heteroatoms. The average molecular weight is 483 g/mol. The van der Waals surface area contributed by atoms with E-state index in [0.29, 0.717) is 25.3 Å². The van der Waals surface area contributed by atoms with Gasteiger partial charge in [-0.3, -0.25) is 14.4 Å². The molecule has 1 atom stereocenters. The van der Waals surface area contributed by atoms with Crippen LogP contribution in [0.2, 0.25) is 0 Å². The second-order valence-corrected chi connectivity index (χ2v) is 9.42. The number of thiophene rings is 1. The number of aromatic nitrogens is 4. The van der Waals surface area contributed by atoms with Crippen molar-refractivity contribution < 1.29 is 14.3 Å². The van der Waals surface area contributed by atoms with Gasteiger partial charge in [0, 0.05) is 31.1 Å². The lowest BCUT2D eigenvalue weighted by Gasteiger charge is -2.35. The van der Waals surface area contributed by atoms with Crippen LogP contribution in [-0.4, -0.2) is 74.5 Å². The Balaban J connectivity index is 0.00000241. The van der Waals surface area contributed by atoms with Gasteiger partial charge in [-0.1, -0.05) is 19.6 Å². The van der Waals surface area contributed by atoms with Gasteiger partial charge in [0.15, 0.2) is 5.65 Å². The van der Waals surface area contributed by atoms with Crippen molar-refractivity contribution in [2.45, 2.75) is 26.6 Å². The maximum atomic E-state index is 13.2. The maximum absolute atomic E-state index is 13.2. The first kappa shape index (κ1) is 22.4. The number of cyclic esters (lactones) is 1. The highest BCUT2D eigenvalue weighted by molar-refractivity contribution is 7.18. The van der Waals surface area contributed by atoms with Gasteiger partial charge in [-0.15, -0.1) is 11.3 Å². The molecule has 2 aliphatic rings. The Morgan fingerprint density at radius 2 is 2.00 bits per heavy atom. The van der Waals surface area contributed by atoms with E-state index >= 15 is 0 Å². The zero-order chi connectivity index (χ0) is 22.5. The number of carbonyl (C=O) groups excluding carboxylic acids is 1. The SMILES string of the molecule is C.COc1ccc(Cn2c(=O)n3ncnc3c3cc(CN4CCN5C(=O)OCC5C4)sc32)cc1. The van der Waals surface area contributed by atoms with E-state index in [1.807, 2.05) is 29.2 Å². The minimum Gasteiger partial charge on any atom is -0.497 e. The number of methoxy groups -OCH3 is 1. The Morgan fingerprint density at radius 1 is 1.18 bits per heavy atom. The molecule has 6 rings (SSSR count). The number of benzene rings is 1. The predicted octanol–water partition coefficient (Wildman–Crippen LogP) is 2.44. The highest BCUT2D eigenvalue weighted by Gasteiger charge is 2.37. The molecule has 1 unspecified atom stereocenters. The minimum absolute atomic E-state index is 0. The van der Waals surface area contributed by atoms with Crippen LogP contribution in [0.5, 0.6) is 5.75 Å². The van der Waals surface area contributed by atoms with E-state index < -0.39 is 0 Å². The molecule has 178 valence electrons. The van der Waals surface area contributed by atoms with Crippen LogP contribution in [0.1, 0.15) is 17.9 Å². The number of nitrogens with zero attached hydrogens (tertiary/aromatic N) is 6. The van der Waals surface area contributed by atoms with E-state index in [-0.39, 0.29) is 25.3 Å². The summed E-state index contributed by atoms with van der Waals surface area (Å²) in [6, 6.07) is 9.92. The third kappa shape index (κ3) is 3.70. The predicted molar refractivity (Wildman–Crippen MR) is 129 cm³/mol. The van der Waals surface area contributed by atoms with Crippen LogP contribution < -0.4 is 10.4 Å². The molecule has 1 amide bonds. The zero-order valence-corrected chi connectivity index (χ0v) is 18.8. The smallest absolute Gasteiger partial charge is 0.410 e. The lowest BCUT2D eigenvalue weighted by molar-refractivity contribution is 0.116. The van der Waals surface area contributed by atoms with Gasteiger partial charge in [-0.2, -0.15) is 9.61 Å². The van der Waals surface area contributed by atoms with Crippen LogP contribution in [0.25, 0.3) is 15.9 Å². The van der Waals surface area contributed by atoms with E-state index in [1.165, 1.54) is 10.8 Å². The Kier molecular flexibility index (Phi) is 5.74. The lowest BCUT2D eigenvalue weighted by Crippen LogP contribution is -2.51. The van der Waals surface area contributed by atoms with Gasteiger partial charge in [0.05, 0.1) is 25.1 Å². The highest BCUT2D eigenvalue weighted by Crippen LogP contribution is 2.30. The second-order valence-electron chi connectivity index (χ2n) is 8.30. The monoisotopic (exact) mass is 482 g/mol.